The van der Waals surface area contributed by atoms with Crippen LogP contribution in [-0.4, -0.2) is 20.7 Å². The van der Waals surface area contributed by atoms with E-state index in [9.17, 15) is 14.4 Å². The summed E-state index contributed by atoms with van der Waals surface area (Å²) in [5.74, 6) is -0.384. The highest BCUT2D eigenvalue weighted by molar-refractivity contribution is 9.10. The smallest absolute Gasteiger partial charge is 0.272 e. The van der Waals surface area contributed by atoms with Crippen molar-refractivity contribution in [1.82, 2.24) is 14.8 Å². The first-order chi connectivity index (χ1) is 10.6. The molecule has 0 saturated carbocycles. The molecule has 0 aromatic carbocycles. The van der Waals surface area contributed by atoms with Gasteiger partial charge in [-0.15, -0.1) is 9.78 Å². The van der Waals surface area contributed by atoms with Crippen LogP contribution in [-0.2, 0) is 0 Å². The third-order valence-electron chi connectivity index (χ3n) is 3.52. The van der Waals surface area contributed by atoms with Crippen molar-refractivity contribution in [2.45, 2.75) is 71.1 Å². The number of hydrogen-bond donors (Lipinski definition) is 1. The Morgan fingerprint density at radius 2 is 1.59 bits per heavy atom. The number of aromatic amines is 1. The average Bonchev–Trinajstić information content (AvgIpc) is 2.49. The summed E-state index contributed by atoms with van der Waals surface area (Å²) < 4.78 is 0.656. The second kappa shape index (κ2) is 10.5. The zero-order valence-electron chi connectivity index (χ0n) is 13.1. The molecule has 0 saturated heterocycles. The fourth-order valence-electron chi connectivity index (χ4n) is 2.24. The van der Waals surface area contributed by atoms with E-state index >= 15 is 0 Å². The van der Waals surface area contributed by atoms with Gasteiger partial charge in [-0.3, -0.25) is 14.6 Å². The number of hydrogen-bond acceptors (Lipinski definition) is 4. The first kappa shape index (κ1) is 18.8. The summed E-state index contributed by atoms with van der Waals surface area (Å²) in [6.07, 6.45) is 10.7. The molecule has 0 bridgehead atoms. The van der Waals surface area contributed by atoms with E-state index in [0.717, 1.165) is 23.9 Å². The normalized spacial score (nSPS) is 10.8. The van der Waals surface area contributed by atoms with E-state index in [1.54, 1.807) is 0 Å². The van der Waals surface area contributed by atoms with Crippen molar-refractivity contribution >= 4 is 21.8 Å². The highest BCUT2D eigenvalue weighted by atomic mass is 79.9. The van der Waals surface area contributed by atoms with Crippen LogP contribution < -0.4 is 11.2 Å². The molecule has 1 aromatic heterocycles. The van der Waals surface area contributed by atoms with Gasteiger partial charge in [0.1, 0.15) is 0 Å². The standard InChI is InChI=1S/C15H24BrN3O3/c1-2-3-4-5-6-7-8-9-10-11-12(20)19-15(22)17-14(21)13(16)18-19/h2-11H2,1H3,(H,17,21,22). The van der Waals surface area contributed by atoms with Gasteiger partial charge in [0.05, 0.1) is 0 Å². The first-order valence-electron chi connectivity index (χ1n) is 7.98. The Hall–Kier alpha value is -1.24. The van der Waals surface area contributed by atoms with Gasteiger partial charge >= 0.3 is 5.69 Å². The molecule has 0 radical (unpaired) electrons. The summed E-state index contributed by atoms with van der Waals surface area (Å²) in [5, 5.41) is 3.66. The summed E-state index contributed by atoms with van der Waals surface area (Å²) in [5.41, 5.74) is -1.41. The second-order valence-corrected chi connectivity index (χ2v) is 6.19. The minimum absolute atomic E-state index is 0.0625. The predicted octanol–water partition coefficient (Wildman–Crippen LogP) is 3.26. The molecule has 1 rings (SSSR count). The van der Waals surface area contributed by atoms with Gasteiger partial charge in [0, 0.05) is 6.42 Å². The molecule has 1 heterocycles. The summed E-state index contributed by atoms with van der Waals surface area (Å²) >= 11 is 2.91. The molecule has 6 nitrogen and oxygen atoms in total. The zero-order chi connectivity index (χ0) is 16.4. The molecule has 0 spiro atoms. The topological polar surface area (TPSA) is 84.8 Å². The number of H-pyrrole nitrogens is 1. The molecule has 0 unspecified atom stereocenters. The fraction of sp³-hybridized carbons (Fsp3) is 0.733. The number of carbonyl (C=O) groups excluding carboxylic acids is 1. The number of rotatable bonds is 10. The molecule has 0 aliphatic heterocycles. The van der Waals surface area contributed by atoms with Crippen molar-refractivity contribution in [1.29, 1.82) is 0 Å². The Morgan fingerprint density at radius 3 is 2.18 bits per heavy atom. The minimum Gasteiger partial charge on any atom is -0.272 e. The summed E-state index contributed by atoms with van der Waals surface area (Å²) in [4.78, 5) is 36.6. The van der Waals surface area contributed by atoms with E-state index in [-0.39, 0.29) is 16.9 Å². The summed E-state index contributed by atoms with van der Waals surface area (Å²) in [6.45, 7) is 2.21. The number of aromatic nitrogens is 3. The maximum Gasteiger partial charge on any atom is 0.352 e. The van der Waals surface area contributed by atoms with Gasteiger partial charge < -0.3 is 0 Å². The Labute approximate surface area is 138 Å². The lowest BCUT2D eigenvalue weighted by atomic mass is 10.1. The fourth-order valence-corrected chi connectivity index (χ4v) is 2.50. The second-order valence-electron chi connectivity index (χ2n) is 5.43. The van der Waals surface area contributed by atoms with E-state index in [2.05, 4.69) is 28.0 Å². The lowest BCUT2D eigenvalue weighted by Gasteiger charge is -2.03. The van der Waals surface area contributed by atoms with Crippen LogP contribution in [0.3, 0.4) is 0 Å². The zero-order valence-corrected chi connectivity index (χ0v) is 14.7. The SMILES string of the molecule is CCCCCCCCCCCC(=O)n1nc(Br)c(=O)[nH]c1=O. The molecule has 0 aliphatic rings. The quantitative estimate of drug-likeness (QED) is 0.637. The van der Waals surface area contributed by atoms with Crippen LogP contribution in [0.4, 0.5) is 0 Å². The van der Waals surface area contributed by atoms with Crippen LogP contribution in [0, 0.1) is 0 Å². The van der Waals surface area contributed by atoms with Crippen LogP contribution in [0.15, 0.2) is 14.2 Å². The highest BCUT2D eigenvalue weighted by Crippen LogP contribution is 2.10. The molecule has 1 N–H and O–H groups in total. The first-order valence-corrected chi connectivity index (χ1v) is 8.78. The Balaban J connectivity index is 2.23. The van der Waals surface area contributed by atoms with Gasteiger partial charge in [-0.1, -0.05) is 58.3 Å². The number of unbranched alkanes of at least 4 members (excludes halogenated alkanes) is 8. The maximum atomic E-state index is 11.9. The number of nitrogens with zero attached hydrogens (tertiary/aromatic N) is 2. The van der Waals surface area contributed by atoms with Gasteiger partial charge in [0.2, 0.25) is 0 Å². The molecule has 7 heteroatoms. The van der Waals surface area contributed by atoms with Crippen LogP contribution in [0.25, 0.3) is 0 Å². The number of carbonyl (C=O) groups is 1. The lowest BCUT2D eigenvalue weighted by Crippen LogP contribution is -2.36. The van der Waals surface area contributed by atoms with Gasteiger partial charge in [-0.05, 0) is 22.4 Å². The highest BCUT2D eigenvalue weighted by Gasteiger charge is 2.11. The average molecular weight is 374 g/mol. The summed E-state index contributed by atoms with van der Waals surface area (Å²) in [7, 11) is 0. The third kappa shape index (κ3) is 6.68. The molecule has 124 valence electrons. The van der Waals surface area contributed by atoms with Crippen LogP contribution >= 0.6 is 15.9 Å². The number of nitrogens with one attached hydrogen (secondary N) is 1. The Morgan fingerprint density at radius 1 is 1.05 bits per heavy atom. The Kier molecular flexibility index (Phi) is 8.96. The van der Waals surface area contributed by atoms with Crippen LogP contribution in [0.5, 0.6) is 0 Å². The van der Waals surface area contributed by atoms with Crippen LogP contribution in [0.1, 0.15) is 75.9 Å². The van der Waals surface area contributed by atoms with Crippen molar-refractivity contribution in [2.75, 3.05) is 0 Å². The van der Waals surface area contributed by atoms with E-state index in [0.29, 0.717) is 0 Å². The van der Waals surface area contributed by atoms with Crippen LogP contribution in [0.2, 0.25) is 0 Å². The van der Waals surface area contributed by atoms with E-state index in [1.165, 1.54) is 38.5 Å². The molecule has 0 fully saturated rings. The predicted molar refractivity (Wildman–Crippen MR) is 89.3 cm³/mol. The van der Waals surface area contributed by atoms with Gasteiger partial charge in [-0.25, -0.2) is 4.79 Å². The van der Waals surface area contributed by atoms with E-state index in [1.807, 2.05) is 4.98 Å². The molecule has 1 aromatic rings. The molecular formula is C15H24BrN3O3. The Bertz CT molecular complexity index is 580. The summed E-state index contributed by atoms with van der Waals surface area (Å²) in [6, 6.07) is 0. The number of halogens is 1. The van der Waals surface area contributed by atoms with Crippen molar-refractivity contribution in [3.8, 4) is 0 Å². The molecule has 0 atom stereocenters. The van der Waals surface area contributed by atoms with Crippen molar-refractivity contribution in [2.24, 2.45) is 0 Å². The van der Waals surface area contributed by atoms with Gasteiger partial charge in [0.25, 0.3) is 11.5 Å². The third-order valence-corrected chi connectivity index (χ3v) is 4.04. The van der Waals surface area contributed by atoms with E-state index < -0.39 is 11.2 Å². The van der Waals surface area contributed by atoms with Crippen molar-refractivity contribution in [3.63, 3.8) is 0 Å². The lowest BCUT2D eigenvalue weighted by molar-refractivity contribution is 0.0873. The van der Waals surface area contributed by atoms with Gasteiger partial charge in [-0.2, -0.15) is 0 Å². The molecule has 0 amide bonds. The molecule has 22 heavy (non-hydrogen) atoms. The maximum absolute atomic E-state index is 11.9. The molecular weight excluding hydrogens is 350 g/mol. The largest absolute Gasteiger partial charge is 0.352 e. The monoisotopic (exact) mass is 373 g/mol. The minimum atomic E-state index is -0.783. The molecule has 0 aliphatic carbocycles. The van der Waals surface area contributed by atoms with Crippen molar-refractivity contribution < 1.29 is 4.79 Å². The van der Waals surface area contributed by atoms with Gasteiger partial charge in [0.15, 0.2) is 4.60 Å². The van der Waals surface area contributed by atoms with E-state index in [4.69, 9.17) is 0 Å². The van der Waals surface area contributed by atoms with Crippen molar-refractivity contribution in [3.05, 3.63) is 25.4 Å².